The Morgan fingerprint density at radius 2 is 1.67 bits per heavy atom. The van der Waals surface area contributed by atoms with E-state index in [2.05, 4.69) is 29.3 Å². The van der Waals surface area contributed by atoms with E-state index >= 15 is 0 Å². The van der Waals surface area contributed by atoms with Gasteiger partial charge in [0.15, 0.2) is 0 Å². The molecule has 1 fully saturated rings. The lowest BCUT2D eigenvalue weighted by atomic mass is 10.1. The van der Waals surface area contributed by atoms with Crippen molar-refractivity contribution in [3.63, 3.8) is 0 Å². The van der Waals surface area contributed by atoms with Gasteiger partial charge in [0.25, 0.3) is 0 Å². The topological polar surface area (TPSA) is 81.3 Å². The van der Waals surface area contributed by atoms with Gasteiger partial charge in [-0.05, 0) is 6.42 Å². The van der Waals surface area contributed by atoms with Crippen LogP contribution < -0.4 is 5.32 Å². The van der Waals surface area contributed by atoms with E-state index < -0.39 is 5.91 Å². The van der Waals surface area contributed by atoms with Crippen molar-refractivity contribution in [3.05, 3.63) is 0 Å². The van der Waals surface area contributed by atoms with Crippen LogP contribution in [0, 0.1) is 22.7 Å². The SMILES string of the molecule is CCCCC(OCCC#N)(OCCC#N)N1CCNCC1. The lowest BCUT2D eigenvalue weighted by Gasteiger charge is -2.44. The van der Waals surface area contributed by atoms with Crippen LogP contribution >= 0.6 is 0 Å². The second kappa shape index (κ2) is 10.5. The van der Waals surface area contributed by atoms with Gasteiger partial charge in [0.2, 0.25) is 5.91 Å². The highest BCUT2D eigenvalue weighted by atomic mass is 16.7. The first-order valence-electron chi connectivity index (χ1n) is 7.76. The van der Waals surface area contributed by atoms with E-state index in [1.165, 1.54) is 0 Å². The number of hydrogen-bond acceptors (Lipinski definition) is 6. The van der Waals surface area contributed by atoms with Gasteiger partial charge >= 0.3 is 0 Å². The molecule has 1 rings (SSSR count). The first-order valence-corrected chi connectivity index (χ1v) is 7.76. The van der Waals surface area contributed by atoms with E-state index in [1.807, 2.05) is 0 Å². The smallest absolute Gasteiger partial charge is 0.230 e. The second-order valence-corrected chi connectivity index (χ2v) is 5.07. The van der Waals surface area contributed by atoms with Crippen LogP contribution in [0.3, 0.4) is 0 Å². The predicted molar refractivity (Wildman–Crippen MR) is 79.1 cm³/mol. The fourth-order valence-corrected chi connectivity index (χ4v) is 2.44. The first-order chi connectivity index (χ1) is 10.3. The average molecular weight is 294 g/mol. The van der Waals surface area contributed by atoms with Crippen molar-refractivity contribution in [1.82, 2.24) is 10.2 Å². The first kappa shape index (κ1) is 17.9. The Kier molecular flexibility index (Phi) is 8.96. The molecule has 1 N–H and O–H groups in total. The standard InChI is InChI=1S/C15H26N4O2/c1-2-3-6-15(20-13-4-7-16,21-14-5-8-17)19-11-9-18-10-12-19/h18H,2-6,9-14H2,1H3. The largest absolute Gasteiger partial charge is 0.336 e. The third-order valence-electron chi connectivity index (χ3n) is 3.53. The normalized spacial score (nSPS) is 16.3. The van der Waals surface area contributed by atoms with Crippen molar-refractivity contribution in [1.29, 1.82) is 10.5 Å². The molecule has 0 atom stereocenters. The molecular weight excluding hydrogens is 268 g/mol. The number of unbranched alkanes of at least 4 members (excludes halogenated alkanes) is 1. The van der Waals surface area contributed by atoms with Crippen LogP contribution in [-0.2, 0) is 9.47 Å². The number of piperazine rings is 1. The van der Waals surface area contributed by atoms with Gasteiger partial charge in [0.05, 0.1) is 38.2 Å². The van der Waals surface area contributed by atoms with Gasteiger partial charge in [-0.2, -0.15) is 10.5 Å². The summed E-state index contributed by atoms with van der Waals surface area (Å²) in [7, 11) is 0. The molecule has 0 saturated carbocycles. The highest BCUT2D eigenvalue weighted by Gasteiger charge is 2.39. The summed E-state index contributed by atoms with van der Waals surface area (Å²) in [6.45, 7) is 6.35. The van der Waals surface area contributed by atoms with Gasteiger partial charge in [-0.1, -0.05) is 13.3 Å². The summed E-state index contributed by atoms with van der Waals surface area (Å²) >= 11 is 0. The van der Waals surface area contributed by atoms with Crippen molar-refractivity contribution in [3.8, 4) is 12.1 Å². The Morgan fingerprint density at radius 3 is 2.14 bits per heavy atom. The summed E-state index contributed by atoms with van der Waals surface area (Å²) in [5, 5.41) is 20.8. The molecule has 0 aromatic heterocycles. The number of ether oxygens (including phenoxy) is 2. The summed E-state index contributed by atoms with van der Waals surface area (Å²) in [6, 6.07) is 4.21. The van der Waals surface area contributed by atoms with Crippen molar-refractivity contribution in [2.45, 2.75) is 44.9 Å². The highest BCUT2D eigenvalue weighted by Crippen LogP contribution is 2.27. The monoisotopic (exact) mass is 294 g/mol. The quantitative estimate of drug-likeness (QED) is 0.487. The zero-order valence-electron chi connectivity index (χ0n) is 12.9. The van der Waals surface area contributed by atoms with E-state index in [0.717, 1.165) is 45.4 Å². The maximum atomic E-state index is 8.73. The third-order valence-corrected chi connectivity index (χ3v) is 3.53. The maximum absolute atomic E-state index is 8.73. The van der Waals surface area contributed by atoms with Crippen LogP contribution in [0.4, 0.5) is 0 Å². The minimum absolute atomic E-state index is 0.349. The molecule has 0 amide bonds. The minimum atomic E-state index is -0.786. The molecule has 1 aliphatic heterocycles. The molecule has 6 heteroatoms. The number of hydrogen-bond donors (Lipinski definition) is 1. The molecule has 6 nitrogen and oxygen atoms in total. The van der Waals surface area contributed by atoms with E-state index in [4.69, 9.17) is 20.0 Å². The van der Waals surface area contributed by atoms with Crippen LogP contribution in [0.5, 0.6) is 0 Å². The van der Waals surface area contributed by atoms with Crippen molar-refractivity contribution >= 4 is 0 Å². The molecule has 1 aliphatic rings. The summed E-state index contributed by atoms with van der Waals surface area (Å²) in [4.78, 5) is 2.20. The van der Waals surface area contributed by atoms with Gasteiger partial charge in [-0.3, -0.25) is 0 Å². The van der Waals surface area contributed by atoms with Crippen molar-refractivity contribution in [2.75, 3.05) is 39.4 Å². The zero-order chi connectivity index (χ0) is 15.4. The van der Waals surface area contributed by atoms with Crippen molar-refractivity contribution in [2.24, 2.45) is 0 Å². The number of nitrogens with zero attached hydrogens (tertiary/aromatic N) is 3. The molecule has 0 unspecified atom stereocenters. The Bertz CT molecular complexity index is 336. The molecular formula is C15H26N4O2. The molecule has 0 aliphatic carbocycles. The number of nitriles is 2. The molecule has 0 aromatic carbocycles. The van der Waals surface area contributed by atoms with Crippen LogP contribution in [-0.4, -0.2) is 50.2 Å². The molecule has 0 spiro atoms. The Labute approximate surface area is 127 Å². The Balaban J connectivity index is 2.77. The van der Waals surface area contributed by atoms with Gasteiger partial charge in [0, 0.05) is 32.6 Å². The molecule has 1 heterocycles. The molecule has 1 saturated heterocycles. The van der Waals surface area contributed by atoms with E-state index in [1.54, 1.807) is 0 Å². The minimum Gasteiger partial charge on any atom is -0.336 e. The van der Waals surface area contributed by atoms with Gasteiger partial charge in [0.1, 0.15) is 0 Å². The summed E-state index contributed by atoms with van der Waals surface area (Å²) < 4.78 is 12.0. The van der Waals surface area contributed by atoms with Crippen molar-refractivity contribution < 1.29 is 9.47 Å². The average Bonchev–Trinajstić information content (AvgIpc) is 2.53. The summed E-state index contributed by atoms with van der Waals surface area (Å²) in [5.41, 5.74) is 0. The van der Waals surface area contributed by atoms with Gasteiger partial charge in [-0.25, -0.2) is 4.90 Å². The summed E-state index contributed by atoms with van der Waals surface area (Å²) in [5.74, 6) is -0.786. The fourth-order valence-electron chi connectivity index (χ4n) is 2.44. The zero-order valence-corrected chi connectivity index (χ0v) is 12.9. The molecule has 0 radical (unpaired) electrons. The van der Waals surface area contributed by atoms with Crippen LogP contribution in [0.1, 0.15) is 39.0 Å². The van der Waals surface area contributed by atoms with Gasteiger partial charge < -0.3 is 14.8 Å². The molecule has 0 aromatic rings. The third kappa shape index (κ3) is 5.99. The lowest BCUT2D eigenvalue weighted by molar-refractivity contribution is -0.322. The Morgan fingerprint density at radius 1 is 1.10 bits per heavy atom. The summed E-state index contributed by atoms with van der Waals surface area (Å²) in [6.07, 6.45) is 3.50. The predicted octanol–water partition coefficient (Wildman–Crippen LogP) is 1.60. The highest BCUT2D eigenvalue weighted by molar-refractivity contribution is 4.80. The second-order valence-electron chi connectivity index (χ2n) is 5.07. The van der Waals surface area contributed by atoms with Crippen LogP contribution in [0.2, 0.25) is 0 Å². The Hall–Kier alpha value is -1.18. The molecule has 0 bridgehead atoms. The molecule has 21 heavy (non-hydrogen) atoms. The van der Waals surface area contributed by atoms with E-state index in [9.17, 15) is 0 Å². The van der Waals surface area contributed by atoms with E-state index in [-0.39, 0.29) is 0 Å². The maximum Gasteiger partial charge on any atom is 0.230 e. The van der Waals surface area contributed by atoms with Gasteiger partial charge in [-0.15, -0.1) is 0 Å². The van der Waals surface area contributed by atoms with E-state index in [0.29, 0.717) is 26.1 Å². The van der Waals surface area contributed by atoms with Crippen LogP contribution in [0.15, 0.2) is 0 Å². The number of rotatable bonds is 10. The molecule has 118 valence electrons. The van der Waals surface area contributed by atoms with Crippen LogP contribution in [0.25, 0.3) is 0 Å². The fraction of sp³-hybridized carbons (Fsp3) is 0.867. The lowest BCUT2D eigenvalue weighted by Crippen LogP contribution is -2.59. The number of nitrogens with one attached hydrogen (secondary N) is 1.